The fraction of sp³-hybridized carbons (Fsp3) is 0.133. The monoisotopic (exact) mass is 254 g/mol. The fourth-order valence-electron chi connectivity index (χ4n) is 1.99. The van der Waals surface area contributed by atoms with E-state index < -0.39 is 0 Å². The van der Waals surface area contributed by atoms with Crippen LogP contribution in [0.4, 0.5) is 5.13 Å². The highest BCUT2D eigenvalue weighted by Gasteiger charge is 2.04. The Labute approximate surface area is 110 Å². The highest BCUT2D eigenvalue weighted by Crippen LogP contribution is 2.27. The maximum absolute atomic E-state index is 4.58. The third-order valence-electron chi connectivity index (χ3n) is 2.88. The Hall–Kier alpha value is -1.87. The van der Waals surface area contributed by atoms with Crippen LogP contribution in [0.5, 0.6) is 0 Å². The number of aromatic nitrogens is 1. The number of nitrogens with zero attached hydrogens (tertiary/aromatic N) is 1. The number of anilines is 1. The van der Waals surface area contributed by atoms with Gasteiger partial charge in [-0.15, -0.1) is 11.3 Å². The average molecular weight is 254 g/mol. The molecule has 0 fully saturated rings. The Bertz CT molecular complexity index is 673. The normalized spacial score (nSPS) is 10.7. The zero-order chi connectivity index (χ0) is 12.4. The van der Waals surface area contributed by atoms with Gasteiger partial charge in [0.2, 0.25) is 0 Å². The van der Waals surface area contributed by atoms with Crippen LogP contribution in [0.2, 0.25) is 0 Å². The van der Waals surface area contributed by atoms with Gasteiger partial charge in [0.1, 0.15) is 0 Å². The van der Waals surface area contributed by atoms with Crippen molar-refractivity contribution < 1.29 is 0 Å². The van der Waals surface area contributed by atoms with Crippen LogP contribution in [-0.2, 0) is 0 Å². The van der Waals surface area contributed by atoms with Gasteiger partial charge in [-0.2, -0.15) is 0 Å². The van der Waals surface area contributed by atoms with Gasteiger partial charge in [0.15, 0.2) is 5.13 Å². The van der Waals surface area contributed by atoms with Crippen molar-refractivity contribution in [3.05, 3.63) is 47.8 Å². The van der Waals surface area contributed by atoms with Crippen molar-refractivity contribution in [3.63, 3.8) is 0 Å². The average Bonchev–Trinajstić information content (AvgIpc) is 2.87. The van der Waals surface area contributed by atoms with E-state index in [-0.39, 0.29) is 0 Å². The standard InChI is InChI=1S/C15H14N2S/c1-2-16-15-17-14(10-18-15)13-8-7-11-5-3-4-6-12(11)9-13/h3-10H,2H2,1H3,(H,16,17). The molecule has 1 aromatic heterocycles. The third-order valence-corrected chi connectivity index (χ3v) is 3.68. The number of rotatable bonds is 3. The Kier molecular flexibility index (Phi) is 2.99. The topological polar surface area (TPSA) is 24.9 Å². The molecule has 1 heterocycles. The third kappa shape index (κ3) is 2.09. The van der Waals surface area contributed by atoms with Crippen LogP contribution in [0.3, 0.4) is 0 Å². The molecule has 3 rings (SSSR count). The smallest absolute Gasteiger partial charge is 0.183 e. The van der Waals surface area contributed by atoms with Crippen LogP contribution in [0.1, 0.15) is 6.92 Å². The molecule has 0 aliphatic carbocycles. The summed E-state index contributed by atoms with van der Waals surface area (Å²) < 4.78 is 0. The lowest BCUT2D eigenvalue weighted by atomic mass is 10.1. The van der Waals surface area contributed by atoms with Gasteiger partial charge in [0.25, 0.3) is 0 Å². The van der Waals surface area contributed by atoms with Crippen LogP contribution in [-0.4, -0.2) is 11.5 Å². The first-order chi connectivity index (χ1) is 8.86. The Morgan fingerprint density at radius 2 is 1.94 bits per heavy atom. The summed E-state index contributed by atoms with van der Waals surface area (Å²) in [5.41, 5.74) is 2.22. The molecule has 0 saturated heterocycles. The van der Waals surface area contributed by atoms with E-state index in [0.717, 1.165) is 17.4 Å². The summed E-state index contributed by atoms with van der Waals surface area (Å²) in [6, 6.07) is 14.9. The molecule has 0 aliphatic rings. The van der Waals surface area contributed by atoms with Crippen molar-refractivity contribution in [1.82, 2.24) is 4.98 Å². The summed E-state index contributed by atoms with van der Waals surface area (Å²) in [6.07, 6.45) is 0. The quantitative estimate of drug-likeness (QED) is 0.749. The molecule has 2 nitrogen and oxygen atoms in total. The minimum atomic E-state index is 0.907. The highest BCUT2D eigenvalue weighted by molar-refractivity contribution is 7.14. The van der Waals surface area contributed by atoms with E-state index in [1.165, 1.54) is 16.3 Å². The van der Waals surface area contributed by atoms with E-state index in [2.05, 4.69) is 65.1 Å². The molecule has 0 unspecified atom stereocenters. The zero-order valence-electron chi connectivity index (χ0n) is 10.2. The number of benzene rings is 2. The van der Waals surface area contributed by atoms with Gasteiger partial charge in [-0.25, -0.2) is 4.98 Å². The number of hydrogen-bond donors (Lipinski definition) is 1. The van der Waals surface area contributed by atoms with Crippen molar-refractivity contribution in [1.29, 1.82) is 0 Å². The van der Waals surface area contributed by atoms with Crippen LogP contribution in [0.25, 0.3) is 22.0 Å². The summed E-state index contributed by atoms with van der Waals surface area (Å²) in [5, 5.41) is 8.85. The van der Waals surface area contributed by atoms with Gasteiger partial charge in [0.05, 0.1) is 5.69 Å². The van der Waals surface area contributed by atoms with Gasteiger partial charge in [-0.3, -0.25) is 0 Å². The molecule has 1 N–H and O–H groups in total. The van der Waals surface area contributed by atoms with Crippen molar-refractivity contribution in [2.45, 2.75) is 6.92 Å². The summed E-state index contributed by atoms with van der Waals surface area (Å²) in [5.74, 6) is 0. The molecular formula is C15H14N2S. The molecule has 0 spiro atoms. The molecule has 3 heteroatoms. The molecular weight excluding hydrogens is 240 g/mol. The van der Waals surface area contributed by atoms with Crippen LogP contribution >= 0.6 is 11.3 Å². The molecule has 0 bridgehead atoms. The van der Waals surface area contributed by atoms with E-state index in [1.54, 1.807) is 11.3 Å². The van der Waals surface area contributed by atoms with E-state index in [4.69, 9.17) is 0 Å². The first-order valence-electron chi connectivity index (χ1n) is 6.05. The first-order valence-corrected chi connectivity index (χ1v) is 6.93. The highest BCUT2D eigenvalue weighted by atomic mass is 32.1. The second kappa shape index (κ2) is 4.78. The zero-order valence-corrected chi connectivity index (χ0v) is 11.0. The Morgan fingerprint density at radius 1 is 1.11 bits per heavy atom. The van der Waals surface area contributed by atoms with Crippen molar-refractivity contribution >= 4 is 27.2 Å². The molecule has 90 valence electrons. The van der Waals surface area contributed by atoms with Crippen LogP contribution in [0.15, 0.2) is 47.8 Å². The predicted molar refractivity (Wildman–Crippen MR) is 79.2 cm³/mol. The lowest BCUT2D eigenvalue weighted by molar-refractivity contribution is 1.19. The molecule has 0 atom stereocenters. The minimum Gasteiger partial charge on any atom is -0.362 e. The molecule has 0 saturated carbocycles. The van der Waals surface area contributed by atoms with Crippen molar-refractivity contribution in [3.8, 4) is 11.3 Å². The second-order valence-electron chi connectivity index (χ2n) is 4.13. The Morgan fingerprint density at radius 3 is 2.78 bits per heavy atom. The summed E-state index contributed by atoms with van der Waals surface area (Å²) in [4.78, 5) is 4.58. The van der Waals surface area contributed by atoms with Crippen molar-refractivity contribution in [2.24, 2.45) is 0 Å². The first kappa shape index (κ1) is 11.2. The largest absolute Gasteiger partial charge is 0.362 e. The molecule has 2 aromatic carbocycles. The molecule has 0 amide bonds. The summed E-state index contributed by atoms with van der Waals surface area (Å²) in [7, 11) is 0. The number of thiazole rings is 1. The SMILES string of the molecule is CCNc1nc(-c2ccc3ccccc3c2)cs1. The number of hydrogen-bond acceptors (Lipinski definition) is 3. The second-order valence-corrected chi connectivity index (χ2v) is 4.99. The van der Waals surface area contributed by atoms with Crippen LogP contribution < -0.4 is 5.32 Å². The van der Waals surface area contributed by atoms with E-state index >= 15 is 0 Å². The molecule has 0 aliphatic heterocycles. The van der Waals surface area contributed by atoms with Gasteiger partial charge >= 0.3 is 0 Å². The van der Waals surface area contributed by atoms with Gasteiger partial charge < -0.3 is 5.32 Å². The molecule has 0 radical (unpaired) electrons. The lowest BCUT2D eigenvalue weighted by Gasteiger charge is -2.01. The van der Waals surface area contributed by atoms with E-state index in [9.17, 15) is 0 Å². The lowest BCUT2D eigenvalue weighted by Crippen LogP contribution is -1.94. The molecule has 3 aromatic rings. The summed E-state index contributed by atoms with van der Waals surface area (Å²) >= 11 is 1.65. The van der Waals surface area contributed by atoms with E-state index in [1.807, 2.05) is 0 Å². The Balaban J connectivity index is 2.02. The summed E-state index contributed by atoms with van der Waals surface area (Å²) in [6.45, 7) is 2.99. The van der Waals surface area contributed by atoms with Gasteiger partial charge in [0, 0.05) is 17.5 Å². The van der Waals surface area contributed by atoms with E-state index in [0.29, 0.717) is 0 Å². The van der Waals surface area contributed by atoms with Gasteiger partial charge in [-0.05, 0) is 23.8 Å². The predicted octanol–water partition coefficient (Wildman–Crippen LogP) is 4.40. The van der Waals surface area contributed by atoms with Gasteiger partial charge in [-0.1, -0.05) is 36.4 Å². The molecule has 18 heavy (non-hydrogen) atoms. The number of fused-ring (bicyclic) bond motifs is 1. The fourth-order valence-corrected chi connectivity index (χ4v) is 2.78. The van der Waals surface area contributed by atoms with Crippen LogP contribution in [0, 0.1) is 0 Å². The maximum Gasteiger partial charge on any atom is 0.183 e. The maximum atomic E-state index is 4.58. The van der Waals surface area contributed by atoms with Crippen molar-refractivity contribution in [2.75, 3.05) is 11.9 Å². The minimum absolute atomic E-state index is 0.907. The number of nitrogens with one attached hydrogen (secondary N) is 1.